The lowest BCUT2D eigenvalue weighted by Crippen LogP contribution is -2.50. The van der Waals surface area contributed by atoms with Gasteiger partial charge in [0.25, 0.3) is 0 Å². The SMILES string of the molecule is CCCCCCCCCCC(CCCCCCCC)C(=O)NC(CCSCCC(=O)OCC(CCCCCC)CCCCCCCC)C(=O)NCC1CCN(C)CC1. The van der Waals surface area contributed by atoms with Gasteiger partial charge in [0.1, 0.15) is 6.04 Å². The van der Waals surface area contributed by atoms with Gasteiger partial charge < -0.3 is 20.3 Å². The maximum absolute atomic E-state index is 14.0. The number of nitrogens with one attached hydrogen (secondary N) is 2. The highest BCUT2D eigenvalue weighted by Crippen LogP contribution is 2.23. The quantitative estimate of drug-likeness (QED) is 0.0471. The third-order valence-corrected chi connectivity index (χ3v) is 13.6. The van der Waals surface area contributed by atoms with Crippen molar-refractivity contribution in [3.05, 3.63) is 0 Å². The van der Waals surface area contributed by atoms with E-state index in [1.54, 1.807) is 11.8 Å². The van der Waals surface area contributed by atoms with Gasteiger partial charge in [-0.05, 0) is 82.7 Å². The normalized spacial score (nSPS) is 15.3. The van der Waals surface area contributed by atoms with Crippen LogP contribution < -0.4 is 10.6 Å². The Bertz CT molecular complexity index is 959. The lowest BCUT2D eigenvalue weighted by molar-refractivity contribution is -0.144. The minimum Gasteiger partial charge on any atom is -0.465 e. The number of hydrogen-bond donors (Lipinski definition) is 2. The first-order valence-electron chi connectivity index (χ1n) is 25.3. The largest absolute Gasteiger partial charge is 0.465 e. The molecule has 0 aliphatic carbocycles. The van der Waals surface area contributed by atoms with Crippen LogP contribution >= 0.6 is 11.8 Å². The lowest BCUT2D eigenvalue weighted by Gasteiger charge is -2.29. The molecule has 0 bridgehead atoms. The van der Waals surface area contributed by atoms with Gasteiger partial charge in [0.15, 0.2) is 0 Å². The molecule has 342 valence electrons. The molecule has 3 atom stereocenters. The summed E-state index contributed by atoms with van der Waals surface area (Å²) in [6.45, 7) is 12.4. The number of amides is 2. The predicted octanol–water partition coefficient (Wildman–Crippen LogP) is 13.2. The zero-order valence-corrected chi connectivity index (χ0v) is 40.0. The summed E-state index contributed by atoms with van der Waals surface area (Å²) < 4.78 is 5.85. The van der Waals surface area contributed by atoms with Crippen LogP contribution in [0.4, 0.5) is 0 Å². The van der Waals surface area contributed by atoms with Crippen molar-refractivity contribution in [2.45, 2.75) is 239 Å². The summed E-state index contributed by atoms with van der Waals surface area (Å²) in [4.78, 5) is 42.9. The molecule has 1 fully saturated rings. The first-order chi connectivity index (χ1) is 28.3. The Labute approximate surface area is 364 Å². The van der Waals surface area contributed by atoms with Crippen LogP contribution in [-0.4, -0.2) is 73.5 Å². The molecule has 2 amide bonds. The summed E-state index contributed by atoms with van der Waals surface area (Å²) in [5.41, 5.74) is 0. The Hall–Kier alpha value is -1.28. The smallest absolute Gasteiger partial charge is 0.306 e. The number of likely N-dealkylation sites (tertiary alicyclic amines) is 1. The van der Waals surface area contributed by atoms with Gasteiger partial charge in [-0.1, -0.05) is 182 Å². The summed E-state index contributed by atoms with van der Waals surface area (Å²) in [7, 11) is 2.16. The third-order valence-electron chi connectivity index (χ3n) is 12.6. The van der Waals surface area contributed by atoms with Crippen LogP contribution in [0, 0.1) is 17.8 Å². The van der Waals surface area contributed by atoms with Gasteiger partial charge in [0.05, 0.1) is 13.0 Å². The summed E-state index contributed by atoms with van der Waals surface area (Å²) in [6.07, 6.45) is 37.5. The Balaban J connectivity index is 2.73. The van der Waals surface area contributed by atoms with E-state index in [1.165, 1.54) is 141 Å². The van der Waals surface area contributed by atoms with Crippen LogP contribution in [0.5, 0.6) is 0 Å². The van der Waals surface area contributed by atoms with Crippen LogP contribution in [0.3, 0.4) is 0 Å². The van der Waals surface area contributed by atoms with Gasteiger partial charge in [-0.2, -0.15) is 11.8 Å². The van der Waals surface area contributed by atoms with Crippen molar-refractivity contribution < 1.29 is 19.1 Å². The Morgan fingerprint density at radius 2 is 1.03 bits per heavy atom. The number of thioether (sulfide) groups is 1. The topological polar surface area (TPSA) is 87.7 Å². The second-order valence-electron chi connectivity index (χ2n) is 18.2. The monoisotopic (exact) mass is 836 g/mol. The maximum atomic E-state index is 14.0. The molecular formula is C50H97N3O4S. The molecule has 2 N–H and O–H groups in total. The molecule has 0 aromatic heterocycles. The zero-order valence-electron chi connectivity index (χ0n) is 39.2. The highest BCUT2D eigenvalue weighted by molar-refractivity contribution is 7.99. The highest BCUT2D eigenvalue weighted by atomic mass is 32.2. The molecule has 7 nitrogen and oxygen atoms in total. The van der Waals surface area contributed by atoms with Crippen LogP contribution in [0.2, 0.25) is 0 Å². The second-order valence-corrected chi connectivity index (χ2v) is 19.4. The molecule has 8 heteroatoms. The summed E-state index contributed by atoms with van der Waals surface area (Å²) in [5.74, 6) is 2.23. The fourth-order valence-corrected chi connectivity index (χ4v) is 9.34. The number of unbranched alkanes of at least 4 members (excludes halogenated alkanes) is 20. The number of hydrogen-bond acceptors (Lipinski definition) is 6. The maximum Gasteiger partial charge on any atom is 0.306 e. The molecule has 58 heavy (non-hydrogen) atoms. The average molecular weight is 836 g/mol. The molecule has 0 spiro atoms. The van der Waals surface area contributed by atoms with Crippen molar-refractivity contribution in [1.29, 1.82) is 0 Å². The molecule has 0 aromatic carbocycles. The predicted molar refractivity (Wildman–Crippen MR) is 252 cm³/mol. The van der Waals surface area contributed by atoms with Crippen LogP contribution in [-0.2, 0) is 19.1 Å². The first kappa shape index (κ1) is 54.7. The number of carbonyl (C=O) groups excluding carboxylic acids is 3. The number of rotatable bonds is 41. The van der Waals surface area contributed by atoms with Gasteiger partial charge in [-0.15, -0.1) is 0 Å². The Kier molecular flexibility index (Phi) is 37.6. The van der Waals surface area contributed by atoms with Gasteiger partial charge in [-0.25, -0.2) is 0 Å². The summed E-state index contributed by atoms with van der Waals surface area (Å²) in [5, 5.41) is 6.52. The molecule has 0 radical (unpaired) electrons. The first-order valence-corrected chi connectivity index (χ1v) is 26.5. The number of nitrogens with zero attached hydrogens (tertiary/aromatic N) is 1. The third kappa shape index (κ3) is 31.6. The van der Waals surface area contributed by atoms with Gasteiger partial charge in [-0.3, -0.25) is 14.4 Å². The van der Waals surface area contributed by atoms with Crippen LogP contribution in [0.1, 0.15) is 233 Å². The van der Waals surface area contributed by atoms with E-state index in [-0.39, 0.29) is 23.7 Å². The molecule has 0 saturated carbocycles. The minimum atomic E-state index is -0.542. The molecule has 3 unspecified atom stereocenters. The van der Waals surface area contributed by atoms with Crippen molar-refractivity contribution in [3.8, 4) is 0 Å². The van der Waals surface area contributed by atoms with Gasteiger partial charge >= 0.3 is 5.97 Å². The van der Waals surface area contributed by atoms with Crippen molar-refractivity contribution in [2.24, 2.45) is 17.8 Å². The van der Waals surface area contributed by atoms with Crippen molar-refractivity contribution in [3.63, 3.8) is 0 Å². The second kappa shape index (κ2) is 39.8. The Morgan fingerprint density at radius 3 is 1.53 bits per heavy atom. The fraction of sp³-hybridized carbons (Fsp3) is 0.940. The fourth-order valence-electron chi connectivity index (χ4n) is 8.42. The van der Waals surface area contributed by atoms with E-state index >= 15 is 0 Å². The Morgan fingerprint density at radius 1 is 0.586 bits per heavy atom. The molecular weight excluding hydrogens is 739 g/mol. The summed E-state index contributed by atoms with van der Waals surface area (Å²) >= 11 is 1.70. The van der Waals surface area contributed by atoms with E-state index in [2.05, 4.69) is 50.3 Å². The minimum absolute atomic E-state index is 0.0330. The average Bonchev–Trinajstić information content (AvgIpc) is 3.22. The number of carbonyl (C=O) groups is 3. The highest BCUT2D eigenvalue weighted by Gasteiger charge is 2.26. The molecule has 1 saturated heterocycles. The standard InChI is InChI=1S/C50H97N3O4S/c1-6-10-14-18-21-22-25-29-33-46(32-28-24-20-16-12-8-3)49(55)52-47(50(56)51-42-44-34-38-53(5)39-35-44)36-40-58-41-37-48(54)57-43-45(30-26-17-13-9-4)31-27-23-19-15-11-7-2/h44-47H,6-43H2,1-5H3,(H,51,56)(H,52,55). The molecule has 0 aromatic rings. The van der Waals surface area contributed by atoms with E-state index in [9.17, 15) is 14.4 Å². The van der Waals surface area contributed by atoms with Crippen LogP contribution in [0.15, 0.2) is 0 Å². The van der Waals surface area contributed by atoms with E-state index in [0.29, 0.717) is 43.6 Å². The summed E-state index contributed by atoms with van der Waals surface area (Å²) in [6, 6.07) is -0.542. The lowest BCUT2D eigenvalue weighted by atomic mass is 9.92. The van der Waals surface area contributed by atoms with Crippen molar-refractivity contribution in [1.82, 2.24) is 15.5 Å². The molecule has 1 aliphatic heterocycles. The number of esters is 1. The van der Waals surface area contributed by atoms with Gasteiger partial charge in [0, 0.05) is 18.2 Å². The van der Waals surface area contributed by atoms with E-state index in [1.807, 2.05) is 0 Å². The molecule has 1 heterocycles. The number of ether oxygens (including phenoxy) is 1. The van der Waals surface area contributed by atoms with E-state index in [0.717, 1.165) is 70.2 Å². The van der Waals surface area contributed by atoms with E-state index in [4.69, 9.17) is 4.74 Å². The zero-order chi connectivity index (χ0) is 42.3. The van der Waals surface area contributed by atoms with E-state index < -0.39 is 6.04 Å². The molecule has 1 aliphatic rings. The molecule has 1 rings (SSSR count). The van der Waals surface area contributed by atoms with Crippen molar-refractivity contribution >= 4 is 29.5 Å². The van der Waals surface area contributed by atoms with Gasteiger partial charge in [0.2, 0.25) is 11.8 Å². The number of piperidine rings is 1. The van der Waals surface area contributed by atoms with Crippen molar-refractivity contribution in [2.75, 3.05) is 44.8 Å². The van der Waals surface area contributed by atoms with Crippen LogP contribution in [0.25, 0.3) is 0 Å².